The summed E-state index contributed by atoms with van der Waals surface area (Å²) in [6.45, 7) is 3.73. The number of nitrogens with zero attached hydrogens (tertiary/aromatic N) is 1. The largest absolute Gasteiger partial charge is 0.497 e. The molecule has 0 fully saturated rings. The minimum absolute atomic E-state index is 0.0793. The zero-order chi connectivity index (χ0) is 33.6. The number of aromatic amines is 1. The number of benzene rings is 4. The molecular formula is C37H39N3O6S. The second kappa shape index (κ2) is 14.7. The molecular weight excluding hydrogens is 614 g/mol. The highest BCUT2D eigenvalue weighted by Gasteiger charge is 2.27. The standard InChI is InChI=1S/C37H39N3O6S/c1-5-33-32(31-11-6-7-12-34(31)38-33)23-36(41)39-35(37(42)40(3)28-15-17-29(45-4)18-16-28)22-26-9-8-10-27(21-26)24-46-47(43,44)30-19-13-25(2)14-20-30/h6-21,35,38H,5,22-24H2,1-4H3,(H,39,41)/t35-/m0/s1. The lowest BCUT2D eigenvalue weighted by atomic mass is 10.0. The molecule has 244 valence electrons. The van der Waals surface area contributed by atoms with Crippen LogP contribution in [0, 0.1) is 6.92 Å². The van der Waals surface area contributed by atoms with Crippen molar-refractivity contribution in [1.82, 2.24) is 10.3 Å². The summed E-state index contributed by atoms with van der Waals surface area (Å²) in [5, 5.41) is 3.98. The number of fused-ring (bicyclic) bond motifs is 1. The summed E-state index contributed by atoms with van der Waals surface area (Å²) in [5.41, 5.74) is 5.79. The number of carbonyl (C=O) groups is 2. The molecule has 9 nitrogen and oxygen atoms in total. The van der Waals surface area contributed by atoms with Gasteiger partial charge in [0.15, 0.2) is 0 Å². The molecule has 0 saturated carbocycles. The van der Waals surface area contributed by atoms with Gasteiger partial charge in [0.05, 0.1) is 25.0 Å². The first-order valence-electron chi connectivity index (χ1n) is 15.4. The van der Waals surface area contributed by atoms with Gasteiger partial charge in [-0.25, -0.2) is 0 Å². The number of likely N-dealkylation sites (N-methyl/N-ethyl adjacent to an activating group) is 1. The van der Waals surface area contributed by atoms with Crippen molar-refractivity contribution in [3.05, 3.63) is 125 Å². The van der Waals surface area contributed by atoms with Gasteiger partial charge in [0.25, 0.3) is 10.1 Å². The van der Waals surface area contributed by atoms with E-state index in [9.17, 15) is 18.0 Å². The number of carbonyl (C=O) groups excluding carboxylic acids is 2. The molecule has 5 aromatic rings. The van der Waals surface area contributed by atoms with Crippen molar-refractivity contribution >= 4 is 38.5 Å². The van der Waals surface area contributed by atoms with Crippen molar-refractivity contribution < 1.29 is 26.9 Å². The van der Waals surface area contributed by atoms with Crippen molar-refractivity contribution in [2.45, 2.75) is 50.7 Å². The summed E-state index contributed by atoms with van der Waals surface area (Å²) >= 11 is 0. The highest BCUT2D eigenvalue weighted by Crippen LogP contribution is 2.24. The van der Waals surface area contributed by atoms with Crippen LogP contribution in [0.1, 0.15) is 34.9 Å². The Hall–Kier alpha value is -4.93. The first kappa shape index (κ1) is 33.4. The van der Waals surface area contributed by atoms with Crippen molar-refractivity contribution in [3.63, 3.8) is 0 Å². The molecule has 0 aliphatic rings. The van der Waals surface area contributed by atoms with Gasteiger partial charge in [-0.1, -0.05) is 67.1 Å². The fourth-order valence-electron chi connectivity index (χ4n) is 5.53. The molecule has 0 spiro atoms. The normalized spacial score (nSPS) is 12.1. The van der Waals surface area contributed by atoms with Gasteiger partial charge in [0, 0.05) is 35.8 Å². The monoisotopic (exact) mass is 653 g/mol. The number of hydrogen-bond donors (Lipinski definition) is 2. The Labute approximate surface area is 275 Å². The molecule has 4 aromatic carbocycles. The molecule has 2 N–H and O–H groups in total. The van der Waals surface area contributed by atoms with Gasteiger partial charge in [0.2, 0.25) is 11.8 Å². The Kier molecular flexibility index (Phi) is 10.4. The summed E-state index contributed by atoms with van der Waals surface area (Å²) in [7, 11) is -0.725. The second-order valence-electron chi connectivity index (χ2n) is 11.4. The van der Waals surface area contributed by atoms with Crippen LogP contribution in [-0.4, -0.2) is 45.4 Å². The average Bonchev–Trinajstić information content (AvgIpc) is 3.44. The summed E-state index contributed by atoms with van der Waals surface area (Å²) in [5.74, 6) is 0.0738. The van der Waals surface area contributed by atoms with Crippen LogP contribution in [0.15, 0.2) is 102 Å². The van der Waals surface area contributed by atoms with E-state index < -0.39 is 16.2 Å². The number of aryl methyl sites for hydroxylation is 2. The van der Waals surface area contributed by atoms with Gasteiger partial charge in [-0.2, -0.15) is 8.42 Å². The Bertz CT molecular complexity index is 1970. The molecule has 1 atom stereocenters. The third kappa shape index (κ3) is 8.08. The summed E-state index contributed by atoms with van der Waals surface area (Å²) in [4.78, 5) is 32.6. The van der Waals surface area contributed by atoms with Crippen LogP contribution in [0.5, 0.6) is 5.75 Å². The Morgan fingerprint density at radius 2 is 1.62 bits per heavy atom. The van der Waals surface area contributed by atoms with Crippen molar-refractivity contribution in [2.24, 2.45) is 0 Å². The van der Waals surface area contributed by atoms with E-state index in [0.29, 0.717) is 17.0 Å². The maximum absolute atomic E-state index is 14.0. The van der Waals surface area contributed by atoms with E-state index in [4.69, 9.17) is 8.92 Å². The number of aromatic nitrogens is 1. The quantitative estimate of drug-likeness (QED) is 0.153. The molecule has 10 heteroatoms. The number of nitrogens with one attached hydrogen (secondary N) is 2. The third-order valence-electron chi connectivity index (χ3n) is 8.14. The number of ether oxygens (including phenoxy) is 1. The Balaban J connectivity index is 1.37. The Morgan fingerprint density at radius 3 is 2.32 bits per heavy atom. The number of rotatable bonds is 13. The maximum Gasteiger partial charge on any atom is 0.297 e. The highest BCUT2D eigenvalue weighted by atomic mass is 32.2. The SMILES string of the molecule is CCc1[nH]c2ccccc2c1CC(=O)N[C@@H](Cc1cccc(COS(=O)(=O)c2ccc(C)cc2)c1)C(=O)N(C)c1ccc(OC)cc1. The van der Waals surface area contributed by atoms with Crippen LogP contribution in [-0.2, 0) is 49.8 Å². The molecule has 0 aliphatic carbocycles. The topological polar surface area (TPSA) is 118 Å². The van der Waals surface area contributed by atoms with Gasteiger partial charge < -0.3 is 19.9 Å². The van der Waals surface area contributed by atoms with Crippen molar-refractivity contribution in [2.75, 3.05) is 19.1 Å². The van der Waals surface area contributed by atoms with Crippen LogP contribution >= 0.6 is 0 Å². The number of para-hydroxylation sites is 1. The highest BCUT2D eigenvalue weighted by molar-refractivity contribution is 7.86. The smallest absolute Gasteiger partial charge is 0.297 e. The van der Waals surface area contributed by atoms with Gasteiger partial charge in [-0.15, -0.1) is 0 Å². The number of H-pyrrole nitrogens is 1. The fourth-order valence-corrected chi connectivity index (χ4v) is 6.43. The van der Waals surface area contributed by atoms with E-state index in [1.807, 2.05) is 44.2 Å². The zero-order valence-electron chi connectivity index (χ0n) is 26.9. The zero-order valence-corrected chi connectivity index (χ0v) is 27.8. The molecule has 0 saturated heterocycles. The second-order valence-corrected chi connectivity index (χ2v) is 13.0. The minimum atomic E-state index is -3.96. The summed E-state index contributed by atoms with van der Waals surface area (Å²) < 4.78 is 36.2. The van der Waals surface area contributed by atoms with Gasteiger partial charge in [-0.3, -0.25) is 13.8 Å². The molecule has 0 radical (unpaired) electrons. The van der Waals surface area contributed by atoms with Crippen LogP contribution in [0.25, 0.3) is 10.9 Å². The third-order valence-corrected chi connectivity index (χ3v) is 9.42. The number of hydrogen-bond acceptors (Lipinski definition) is 6. The number of amides is 2. The lowest BCUT2D eigenvalue weighted by Gasteiger charge is -2.25. The average molecular weight is 654 g/mol. The van der Waals surface area contributed by atoms with E-state index in [1.165, 1.54) is 17.0 Å². The lowest BCUT2D eigenvalue weighted by Crippen LogP contribution is -2.49. The number of methoxy groups -OCH3 is 1. The molecule has 0 bridgehead atoms. The van der Waals surface area contributed by atoms with Gasteiger partial charge in [-0.05, 0) is 72.5 Å². The maximum atomic E-state index is 14.0. The van der Waals surface area contributed by atoms with Crippen LogP contribution in [0.2, 0.25) is 0 Å². The van der Waals surface area contributed by atoms with E-state index in [2.05, 4.69) is 10.3 Å². The van der Waals surface area contributed by atoms with E-state index in [-0.39, 0.29) is 36.2 Å². The predicted octanol–water partition coefficient (Wildman–Crippen LogP) is 5.89. The Morgan fingerprint density at radius 1 is 0.915 bits per heavy atom. The van der Waals surface area contributed by atoms with Gasteiger partial charge in [0.1, 0.15) is 11.8 Å². The molecule has 0 unspecified atom stereocenters. The van der Waals surface area contributed by atoms with Crippen molar-refractivity contribution in [3.8, 4) is 5.75 Å². The molecule has 1 heterocycles. The predicted molar refractivity (Wildman–Crippen MR) is 183 cm³/mol. The first-order valence-corrected chi connectivity index (χ1v) is 16.8. The minimum Gasteiger partial charge on any atom is -0.497 e. The number of anilines is 1. The van der Waals surface area contributed by atoms with Crippen LogP contribution in [0.4, 0.5) is 5.69 Å². The van der Waals surface area contributed by atoms with Crippen LogP contribution < -0.4 is 15.0 Å². The van der Waals surface area contributed by atoms with Crippen LogP contribution in [0.3, 0.4) is 0 Å². The summed E-state index contributed by atoms with van der Waals surface area (Å²) in [6.07, 6.45) is 1.01. The molecule has 47 heavy (non-hydrogen) atoms. The first-order chi connectivity index (χ1) is 22.6. The van der Waals surface area contributed by atoms with Crippen molar-refractivity contribution in [1.29, 1.82) is 0 Å². The van der Waals surface area contributed by atoms with E-state index in [1.54, 1.807) is 68.8 Å². The molecule has 1 aromatic heterocycles. The summed E-state index contributed by atoms with van der Waals surface area (Å²) in [6, 6.07) is 27.7. The molecule has 5 rings (SSSR count). The lowest BCUT2D eigenvalue weighted by molar-refractivity contribution is -0.127. The van der Waals surface area contributed by atoms with E-state index >= 15 is 0 Å². The van der Waals surface area contributed by atoms with Gasteiger partial charge >= 0.3 is 0 Å². The van der Waals surface area contributed by atoms with E-state index in [0.717, 1.165) is 39.7 Å². The molecule has 0 aliphatic heterocycles. The molecule has 2 amide bonds. The fraction of sp³-hybridized carbons (Fsp3) is 0.243.